The van der Waals surface area contributed by atoms with Gasteiger partial charge < -0.3 is 9.47 Å². The lowest BCUT2D eigenvalue weighted by Crippen LogP contribution is -2.23. The largest absolute Gasteiger partial charge is 0.493 e. The Morgan fingerprint density at radius 2 is 2.22 bits per heavy atom. The summed E-state index contributed by atoms with van der Waals surface area (Å²) >= 11 is 0. The van der Waals surface area contributed by atoms with Gasteiger partial charge >= 0.3 is 5.97 Å². The summed E-state index contributed by atoms with van der Waals surface area (Å²) in [6.07, 6.45) is 1.70. The summed E-state index contributed by atoms with van der Waals surface area (Å²) < 4.78 is 10.4. The highest BCUT2D eigenvalue weighted by molar-refractivity contribution is 5.73. The van der Waals surface area contributed by atoms with E-state index in [4.69, 9.17) is 9.47 Å². The molecule has 1 aliphatic heterocycles. The summed E-state index contributed by atoms with van der Waals surface area (Å²) in [6, 6.07) is 6.20. The molecule has 0 bridgehead atoms. The second-order valence-electron chi connectivity index (χ2n) is 5.12. The molecule has 0 radical (unpaired) electrons. The van der Waals surface area contributed by atoms with Gasteiger partial charge in [0.15, 0.2) is 0 Å². The molecule has 1 unspecified atom stereocenters. The monoisotopic (exact) mass is 248 g/mol. The fraction of sp³-hybridized carbons (Fsp3) is 0.533. The molecule has 3 nitrogen and oxygen atoms in total. The maximum atomic E-state index is 11.7. The fourth-order valence-corrected chi connectivity index (χ4v) is 2.36. The van der Waals surface area contributed by atoms with Crippen LogP contribution in [0.25, 0.3) is 0 Å². The minimum Gasteiger partial charge on any atom is -0.493 e. The van der Waals surface area contributed by atoms with Crippen molar-refractivity contribution in [3.63, 3.8) is 0 Å². The molecule has 0 saturated heterocycles. The Labute approximate surface area is 108 Å². The Hall–Kier alpha value is -1.51. The van der Waals surface area contributed by atoms with Gasteiger partial charge in [-0.15, -0.1) is 0 Å². The molecule has 0 aliphatic carbocycles. The van der Waals surface area contributed by atoms with Gasteiger partial charge in [0.2, 0.25) is 0 Å². The van der Waals surface area contributed by atoms with Crippen LogP contribution >= 0.6 is 0 Å². The number of carbonyl (C=O) groups excluding carboxylic acids is 1. The third-order valence-corrected chi connectivity index (χ3v) is 3.52. The quantitative estimate of drug-likeness (QED) is 0.768. The van der Waals surface area contributed by atoms with Crippen LogP contribution in [0.4, 0.5) is 0 Å². The molecule has 0 N–H and O–H groups in total. The number of hydrogen-bond acceptors (Lipinski definition) is 3. The molecule has 0 amide bonds. The zero-order chi connectivity index (χ0) is 13.1. The van der Waals surface area contributed by atoms with Gasteiger partial charge in [-0.1, -0.05) is 26.0 Å². The van der Waals surface area contributed by atoms with Crippen LogP contribution < -0.4 is 4.74 Å². The van der Waals surface area contributed by atoms with E-state index in [0.717, 1.165) is 25.2 Å². The Kier molecular flexibility index (Phi) is 3.90. The number of benzene rings is 1. The smallest absolute Gasteiger partial charge is 0.309 e. The molecule has 1 atom stereocenters. The van der Waals surface area contributed by atoms with Gasteiger partial charge in [-0.25, -0.2) is 0 Å². The molecule has 0 spiro atoms. The van der Waals surface area contributed by atoms with E-state index >= 15 is 0 Å². The fourth-order valence-electron chi connectivity index (χ4n) is 2.36. The normalized spacial score (nSPS) is 15.1. The third kappa shape index (κ3) is 2.66. The number of ether oxygens (including phenoxy) is 2. The van der Waals surface area contributed by atoms with Gasteiger partial charge in [0.25, 0.3) is 0 Å². The predicted octanol–water partition coefficient (Wildman–Crippen LogP) is 2.61. The Morgan fingerprint density at radius 3 is 2.89 bits per heavy atom. The van der Waals surface area contributed by atoms with Crippen LogP contribution in [0.2, 0.25) is 0 Å². The molecule has 1 aliphatic rings. The number of carbonyl (C=O) groups is 1. The highest BCUT2D eigenvalue weighted by Crippen LogP contribution is 2.28. The number of fused-ring (bicyclic) bond motifs is 1. The summed E-state index contributed by atoms with van der Waals surface area (Å²) in [4.78, 5) is 11.7. The van der Waals surface area contributed by atoms with Crippen LogP contribution in [0.5, 0.6) is 5.75 Å². The Bertz CT molecular complexity index is 437. The maximum Gasteiger partial charge on any atom is 0.309 e. The van der Waals surface area contributed by atoms with E-state index in [1.54, 1.807) is 0 Å². The Balaban J connectivity index is 2.14. The first-order valence-electron chi connectivity index (χ1n) is 6.44. The first-order chi connectivity index (χ1) is 8.61. The van der Waals surface area contributed by atoms with Crippen LogP contribution in [0.15, 0.2) is 18.2 Å². The standard InChI is InChI=1S/C15H20O3/c1-10(2)13(15(16)17-3)9-11-4-5-14-12(8-11)6-7-18-14/h4-5,8,10,13H,6-7,9H2,1-3H3. The number of methoxy groups -OCH3 is 1. The zero-order valence-corrected chi connectivity index (χ0v) is 11.2. The molecule has 1 aromatic rings. The van der Waals surface area contributed by atoms with Crippen molar-refractivity contribution < 1.29 is 14.3 Å². The molecular formula is C15H20O3. The van der Waals surface area contributed by atoms with Crippen LogP contribution in [0, 0.1) is 11.8 Å². The van der Waals surface area contributed by atoms with E-state index in [2.05, 4.69) is 19.9 Å². The van der Waals surface area contributed by atoms with Crippen molar-refractivity contribution in [3.05, 3.63) is 29.3 Å². The first kappa shape index (κ1) is 12.9. The topological polar surface area (TPSA) is 35.5 Å². The molecule has 0 fully saturated rings. The van der Waals surface area contributed by atoms with Gasteiger partial charge in [0.1, 0.15) is 5.75 Å². The van der Waals surface area contributed by atoms with Crippen molar-refractivity contribution in [2.75, 3.05) is 13.7 Å². The van der Waals surface area contributed by atoms with E-state index in [1.165, 1.54) is 18.2 Å². The van der Waals surface area contributed by atoms with Gasteiger partial charge in [0, 0.05) is 6.42 Å². The van der Waals surface area contributed by atoms with Gasteiger partial charge in [-0.05, 0) is 29.5 Å². The summed E-state index contributed by atoms with van der Waals surface area (Å²) in [7, 11) is 1.45. The molecular weight excluding hydrogens is 228 g/mol. The first-order valence-corrected chi connectivity index (χ1v) is 6.44. The third-order valence-electron chi connectivity index (χ3n) is 3.52. The van der Waals surface area contributed by atoms with Gasteiger partial charge in [0.05, 0.1) is 19.6 Å². The summed E-state index contributed by atoms with van der Waals surface area (Å²) in [5.74, 6) is 1.07. The van der Waals surface area contributed by atoms with E-state index in [1.807, 2.05) is 12.1 Å². The Morgan fingerprint density at radius 1 is 1.44 bits per heavy atom. The predicted molar refractivity (Wildman–Crippen MR) is 69.7 cm³/mol. The van der Waals surface area contributed by atoms with Gasteiger partial charge in [-0.2, -0.15) is 0 Å². The molecule has 1 heterocycles. The molecule has 0 aromatic heterocycles. The maximum absolute atomic E-state index is 11.7. The second kappa shape index (κ2) is 5.42. The van der Waals surface area contributed by atoms with Gasteiger partial charge in [-0.3, -0.25) is 4.79 Å². The van der Waals surface area contributed by atoms with Crippen molar-refractivity contribution >= 4 is 5.97 Å². The molecule has 1 aromatic carbocycles. The summed E-state index contributed by atoms with van der Waals surface area (Å²) in [6.45, 7) is 4.87. The number of esters is 1. The SMILES string of the molecule is COC(=O)C(Cc1ccc2c(c1)CCO2)C(C)C. The van der Waals surface area contributed by atoms with Crippen molar-refractivity contribution in [2.24, 2.45) is 11.8 Å². The van der Waals surface area contributed by atoms with Crippen molar-refractivity contribution in [3.8, 4) is 5.75 Å². The van der Waals surface area contributed by atoms with E-state index < -0.39 is 0 Å². The average Bonchev–Trinajstić information content (AvgIpc) is 2.82. The number of rotatable bonds is 4. The van der Waals surface area contributed by atoms with E-state index in [0.29, 0.717) is 0 Å². The summed E-state index contributed by atoms with van der Waals surface area (Å²) in [5, 5.41) is 0. The molecule has 2 rings (SSSR count). The van der Waals surface area contributed by atoms with Crippen molar-refractivity contribution in [2.45, 2.75) is 26.7 Å². The average molecular weight is 248 g/mol. The second-order valence-corrected chi connectivity index (χ2v) is 5.12. The molecule has 0 saturated carbocycles. The minimum absolute atomic E-state index is 0.0737. The lowest BCUT2D eigenvalue weighted by molar-refractivity contribution is -0.146. The minimum atomic E-state index is -0.123. The highest BCUT2D eigenvalue weighted by Gasteiger charge is 2.24. The van der Waals surface area contributed by atoms with E-state index in [-0.39, 0.29) is 17.8 Å². The zero-order valence-electron chi connectivity index (χ0n) is 11.2. The van der Waals surface area contributed by atoms with Crippen LogP contribution in [0.3, 0.4) is 0 Å². The van der Waals surface area contributed by atoms with Crippen LogP contribution in [-0.4, -0.2) is 19.7 Å². The van der Waals surface area contributed by atoms with Crippen LogP contribution in [0.1, 0.15) is 25.0 Å². The molecule has 3 heteroatoms. The van der Waals surface area contributed by atoms with E-state index in [9.17, 15) is 4.79 Å². The highest BCUT2D eigenvalue weighted by atomic mass is 16.5. The lowest BCUT2D eigenvalue weighted by atomic mass is 9.88. The lowest BCUT2D eigenvalue weighted by Gasteiger charge is -2.18. The summed E-state index contributed by atoms with van der Waals surface area (Å²) in [5.41, 5.74) is 2.43. The van der Waals surface area contributed by atoms with Crippen molar-refractivity contribution in [1.29, 1.82) is 0 Å². The molecule has 98 valence electrons. The van der Waals surface area contributed by atoms with Crippen LogP contribution in [-0.2, 0) is 22.4 Å². The number of hydrogen-bond donors (Lipinski definition) is 0. The van der Waals surface area contributed by atoms with Crippen molar-refractivity contribution in [1.82, 2.24) is 0 Å². The molecule has 18 heavy (non-hydrogen) atoms.